The van der Waals surface area contributed by atoms with Crippen LogP contribution >= 0.6 is 11.6 Å². The normalized spacial score (nSPS) is 17.5. The molecule has 22 heavy (non-hydrogen) atoms. The molecule has 1 aliphatic rings. The van der Waals surface area contributed by atoms with Gasteiger partial charge in [-0.1, -0.05) is 35.9 Å². The molecule has 1 heterocycles. The SMILES string of the molecule is CC(=O)N1N=C(c2ccc(N)cc2)CC1c1cccc(Cl)c1. The lowest BCUT2D eigenvalue weighted by molar-refractivity contribution is -0.130. The van der Waals surface area contributed by atoms with Crippen molar-refractivity contribution in [2.75, 3.05) is 5.73 Å². The molecule has 5 heteroatoms. The van der Waals surface area contributed by atoms with E-state index in [4.69, 9.17) is 17.3 Å². The number of halogens is 1. The number of carbonyl (C=O) groups is 1. The molecule has 3 rings (SSSR count). The largest absolute Gasteiger partial charge is 0.399 e. The Hall–Kier alpha value is -2.33. The lowest BCUT2D eigenvalue weighted by Crippen LogP contribution is -2.24. The van der Waals surface area contributed by atoms with E-state index in [2.05, 4.69) is 5.10 Å². The molecule has 0 saturated heterocycles. The van der Waals surface area contributed by atoms with Crippen molar-refractivity contribution in [2.24, 2.45) is 5.10 Å². The minimum absolute atomic E-state index is 0.0876. The van der Waals surface area contributed by atoms with Gasteiger partial charge in [0.25, 0.3) is 0 Å². The maximum Gasteiger partial charge on any atom is 0.240 e. The molecule has 1 aliphatic heterocycles. The lowest BCUT2D eigenvalue weighted by atomic mass is 9.98. The quantitative estimate of drug-likeness (QED) is 0.861. The molecule has 0 fully saturated rings. The zero-order valence-corrected chi connectivity index (χ0v) is 12.9. The topological polar surface area (TPSA) is 58.7 Å². The van der Waals surface area contributed by atoms with Gasteiger partial charge in [-0.3, -0.25) is 4.79 Å². The van der Waals surface area contributed by atoms with Crippen molar-refractivity contribution in [3.63, 3.8) is 0 Å². The zero-order chi connectivity index (χ0) is 15.7. The summed E-state index contributed by atoms with van der Waals surface area (Å²) in [6, 6.07) is 14.9. The maximum atomic E-state index is 11.9. The van der Waals surface area contributed by atoms with Crippen LogP contribution in [-0.4, -0.2) is 16.6 Å². The number of nitrogen functional groups attached to an aromatic ring is 1. The molecule has 4 nitrogen and oxygen atoms in total. The highest BCUT2D eigenvalue weighted by atomic mass is 35.5. The van der Waals surface area contributed by atoms with Gasteiger partial charge in [-0.2, -0.15) is 5.10 Å². The summed E-state index contributed by atoms with van der Waals surface area (Å²) >= 11 is 6.07. The van der Waals surface area contributed by atoms with Crippen LogP contribution in [0.25, 0.3) is 0 Å². The summed E-state index contributed by atoms with van der Waals surface area (Å²) in [5.74, 6) is -0.0876. The monoisotopic (exact) mass is 313 g/mol. The summed E-state index contributed by atoms with van der Waals surface area (Å²) in [5.41, 5.74) is 9.26. The average Bonchev–Trinajstić information content (AvgIpc) is 2.93. The van der Waals surface area contributed by atoms with Crippen LogP contribution in [0.4, 0.5) is 5.69 Å². The number of carbonyl (C=O) groups excluding carboxylic acids is 1. The lowest BCUT2D eigenvalue weighted by Gasteiger charge is -2.20. The summed E-state index contributed by atoms with van der Waals surface area (Å²) < 4.78 is 0. The number of hydrogen-bond acceptors (Lipinski definition) is 3. The van der Waals surface area contributed by atoms with Gasteiger partial charge in [0.15, 0.2) is 0 Å². The van der Waals surface area contributed by atoms with E-state index in [1.54, 1.807) is 0 Å². The van der Waals surface area contributed by atoms with Crippen molar-refractivity contribution in [2.45, 2.75) is 19.4 Å². The Labute approximate surface area is 134 Å². The maximum absolute atomic E-state index is 11.9. The summed E-state index contributed by atoms with van der Waals surface area (Å²) in [7, 11) is 0. The van der Waals surface area contributed by atoms with E-state index < -0.39 is 0 Å². The zero-order valence-electron chi connectivity index (χ0n) is 12.2. The van der Waals surface area contributed by atoms with Crippen molar-refractivity contribution in [3.8, 4) is 0 Å². The number of hydrazone groups is 1. The number of benzene rings is 2. The summed E-state index contributed by atoms with van der Waals surface area (Å²) in [5, 5.41) is 6.67. The summed E-state index contributed by atoms with van der Waals surface area (Å²) in [6.45, 7) is 1.52. The number of rotatable bonds is 2. The summed E-state index contributed by atoms with van der Waals surface area (Å²) in [4.78, 5) is 11.9. The molecule has 0 bridgehead atoms. The van der Waals surface area contributed by atoms with E-state index in [0.717, 1.165) is 16.8 Å². The van der Waals surface area contributed by atoms with Gasteiger partial charge in [0.05, 0.1) is 11.8 Å². The molecule has 112 valence electrons. The third-order valence-corrected chi connectivity index (χ3v) is 3.95. The van der Waals surface area contributed by atoms with Crippen molar-refractivity contribution in [3.05, 3.63) is 64.7 Å². The number of anilines is 1. The molecular weight excluding hydrogens is 298 g/mol. The highest BCUT2D eigenvalue weighted by Gasteiger charge is 2.31. The van der Waals surface area contributed by atoms with E-state index in [1.165, 1.54) is 11.9 Å². The Morgan fingerprint density at radius 3 is 2.64 bits per heavy atom. The molecule has 0 aliphatic carbocycles. The van der Waals surface area contributed by atoms with E-state index in [1.807, 2.05) is 48.5 Å². The highest BCUT2D eigenvalue weighted by molar-refractivity contribution is 6.30. The van der Waals surface area contributed by atoms with E-state index in [-0.39, 0.29) is 11.9 Å². The van der Waals surface area contributed by atoms with Crippen molar-refractivity contribution in [1.29, 1.82) is 0 Å². The highest BCUT2D eigenvalue weighted by Crippen LogP contribution is 2.33. The molecule has 0 radical (unpaired) electrons. The number of nitrogens with zero attached hydrogens (tertiary/aromatic N) is 2. The van der Waals surface area contributed by atoms with Crippen LogP contribution in [-0.2, 0) is 4.79 Å². The van der Waals surface area contributed by atoms with Gasteiger partial charge in [-0.15, -0.1) is 0 Å². The standard InChI is InChI=1S/C17H16ClN3O/c1-11(22)21-17(13-3-2-4-14(18)9-13)10-16(20-21)12-5-7-15(19)8-6-12/h2-9,17H,10,19H2,1H3. The first kappa shape index (κ1) is 14.6. The van der Waals surface area contributed by atoms with Gasteiger partial charge in [0.1, 0.15) is 0 Å². The molecule has 2 aromatic carbocycles. The predicted molar refractivity (Wildman–Crippen MR) is 88.7 cm³/mol. The van der Waals surface area contributed by atoms with Crippen LogP contribution < -0.4 is 5.73 Å². The van der Waals surface area contributed by atoms with Crippen LogP contribution in [0.5, 0.6) is 0 Å². The number of amides is 1. The van der Waals surface area contributed by atoms with Gasteiger partial charge in [0.2, 0.25) is 5.91 Å². The predicted octanol–water partition coefficient (Wildman–Crippen LogP) is 3.62. The second kappa shape index (κ2) is 5.81. The summed E-state index contributed by atoms with van der Waals surface area (Å²) in [6.07, 6.45) is 0.657. The van der Waals surface area contributed by atoms with Gasteiger partial charge < -0.3 is 5.73 Å². The molecule has 0 aromatic heterocycles. The molecular formula is C17H16ClN3O. The van der Waals surface area contributed by atoms with Gasteiger partial charge in [0, 0.05) is 24.1 Å². The third-order valence-electron chi connectivity index (χ3n) is 3.71. The van der Waals surface area contributed by atoms with Crippen LogP contribution in [0, 0.1) is 0 Å². The molecule has 0 spiro atoms. The van der Waals surface area contributed by atoms with Gasteiger partial charge >= 0.3 is 0 Å². The number of hydrogen-bond donors (Lipinski definition) is 1. The van der Waals surface area contributed by atoms with Crippen molar-refractivity contribution < 1.29 is 4.79 Å². The Bertz CT molecular complexity index is 740. The van der Waals surface area contributed by atoms with E-state index >= 15 is 0 Å². The van der Waals surface area contributed by atoms with Crippen molar-refractivity contribution in [1.82, 2.24) is 5.01 Å². The van der Waals surface area contributed by atoms with Crippen LogP contribution in [0.1, 0.15) is 30.5 Å². The number of nitrogens with two attached hydrogens (primary N) is 1. The second-order valence-electron chi connectivity index (χ2n) is 5.31. The first-order valence-corrected chi connectivity index (χ1v) is 7.41. The van der Waals surface area contributed by atoms with E-state index in [9.17, 15) is 4.79 Å². The first-order chi connectivity index (χ1) is 10.5. The fourth-order valence-electron chi connectivity index (χ4n) is 2.62. The Balaban J connectivity index is 1.94. The van der Waals surface area contributed by atoms with Crippen LogP contribution in [0.15, 0.2) is 53.6 Å². The third kappa shape index (κ3) is 2.83. The minimum atomic E-state index is -0.122. The Kier molecular flexibility index (Phi) is 3.86. The van der Waals surface area contributed by atoms with Crippen molar-refractivity contribution >= 4 is 28.9 Å². The fraction of sp³-hybridized carbons (Fsp3) is 0.176. The van der Waals surface area contributed by atoms with Crippen LogP contribution in [0.3, 0.4) is 0 Å². The smallest absolute Gasteiger partial charge is 0.240 e. The first-order valence-electron chi connectivity index (χ1n) is 7.03. The second-order valence-corrected chi connectivity index (χ2v) is 5.74. The Morgan fingerprint density at radius 1 is 1.27 bits per heavy atom. The minimum Gasteiger partial charge on any atom is -0.399 e. The Morgan fingerprint density at radius 2 is 2.00 bits per heavy atom. The molecule has 1 atom stereocenters. The fourth-order valence-corrected chi connectivity index (χ4v) is 2.82. The molecule has 0 saturated carbocycles. The van der Waals surface area contributed by atoms with E-state index in [0.29, 0.717) is 17.1 Å². The molecule has 2 N–H and O–H groups in total. The molecule has 2 aromatic rings. The average molecular weight is 314 g/mol. The molecule has 1 unspecified atom stereocenters. The van der Waals surface area contributed by atoms with Gasteiger partial charge in [-0.05, 0) is 35.4 Å². The van der Waals surface area contributed by atoms with Gasteiger partial charge in [-0.25, -0.2) is 5.01 Å². The van der Waals surface area contributed by atoms with Crippen LogP contribution in [0.2, 0.25) is 5.02 Å². The molecule has 1 amide bonds.